The summed E-state index contributed by atoms with van der Waals surface area (Å²) in [5, 5.41) is 12.2. The second-order valence-electron chi connectivity index (χ2n) is 10.5. The number of aromatic nitrogens is 1. The number of ether oxygens (including phenoxy) is 2. The second-order valence-corrected chi connectivity index (χ2v) is 10.8. The number of hydroxylamine groups is 1. The summed E-state index contributed by atoms with van der Waals surface area (Å²) in [4.78, 5) is 43.3. The highest BCUT2D eigenvalue weighted by molar-refractivity contribution is 7.79. The fraction of sp³-hybridized carbons (Fsp3) is 0.448. The van der Waals surface area contributed by atoms with Crippen LogP contribution in [0.25, 0.3) is 12.2 Å². The van der Waals surface area contributed by atoms with Crippen LogP contribution < -0.4 is 16.0 Å². The predicted octanol–water partition coefficient (Wildman–Crippen LogP) is 0.445. The highest BCUT2D eigenvalue weighted by Gasteiger charge is 2.44. The van der Waals surface area contributed by atoms with Crippen molar-refractivity contribution in [3.8, 4) is 0 Å². The molecule has 4 amide bonds. The largest absolute Gasteiger partial charge is 0.379 e. The first kappa shape index (κ1) is 29.1. The number of morpholine rings is 1. The van der Waals surface area contributed by atoms with E-state index in [0.29, 0.717) is 31.8 Å². The van der Waals surface area contributed by atoms with Crippen molar-refractivity contribution in [1.82, 2.24) is 24.7 Å². The molecule has 4 heterocycles. The lowest BCUT2D eigenvalue weighted by molar-refractivity contribution is -0.132. The van der Waals surface area contributed by atoms with E-state index in [1.54, 1.807) is 27.9 Å². The number of likely N-dealkylation sites (N-methyl/N-ethyl adjacent to an activating group) is 1. The highest BCUT2D eigenvalue weighted by atomic mass is 32.1. The second kappa shape index (κ2) is 12.6. The van der Waals surface area contributed by atoms with E-state index in [1.165, 1.54) is 11.9 Å². The SMILES string of the molecule is CC(/C=c1/c2c(n(Cc3ccc(C(=O)NO)cc3)/c1=C/C=S)CN1CC2C(=O)N(C)C1=O)OCCN1CCOCC1. The summed E-state index contributed by atoms with van der Waals surface area (Å²) in [6, 6.07) is 6.59. The van der Waals surface area contributed by atoms with Crippen molar-refractivity contribution >= 4 is 47.6 Å². The molecule has 2 unspecified atom stereocenters. The number of rotatable bonds is 9. The Hall–Kier alpha value is -3.42. The van der Waals surface area contributed by atoms with Crippen molar-refractivity contribution < 1.29 is 29.1 Å². The van der Waals surface area contributed by atoms with Crippen LogP contribution in [-0.2, 0) is 27.4 Å². The van der Waals surface area contributed by atoms with Crippen molar-refractivity contribution in [3.63, 3.8) is 0 Å². The van der Waals surface area contributed by atoms with Crippen molar-refractivity contribution in [2.45, 2.75) is 32.0 Å². The zero-order valence-electron chi connectivity index (χ0n) is 23.2. The molecule has 218 valence electrons. The summed E-state index contributed by atoms with van der Waals surface area (Å²) >= 11 is 5.26. The van der Waals surface area contributed by atoms with Gasteiger partial charge < -0.3 is 18.9 Å². The topological polar surface area (TPSA) is 117 Å². The minimum absolute atomic E-state index is 0.229. The fourth-order valence-corrected chi connectivity index (χ4v) is 5.95. The van der Waals surface area contributed by atoms with Crippen LogP contribution in [0, 0.1) is 0 Å². The lowest BCUT2D eigenvalue weighted by Crippen LogP contribution is -2.56. The Bertz CT molecular complexity index is 1450. The standard InChI is InChI=1S/C29H35N5O6S/c1-19(40-13-10-32-8-11-39-12-9-32)15-22-24(7-14-41)34(16-20-3-5-21(6-4-20)27(35)30-38)25-18-33-17-23(26(22)25)28(36)31(2)29(33)37/h3-7,14-15,19,23,38H,8-13,16-18H2,1-2H3,(H,30,35)/b22-15+,24-7+. The molecule has 1 aromatic carbocycles. The molecule has 0 aliphatic carbocycles. The molecule has 0 spiro atoms. The maximum absolute atomic E-state index is 13.4. The van der Waals surface area contributed by atoms with Crippen LogP contribution in [0.4, 0.5) is 4.79 Å². The lowest BCUT2D eigenvalue weighted by Gasteiger charge is -2.41. The Morgan fingerprint density at radius 3 is 2.66 bits per heavy atom. The number of amides is 4. The van der Waals surface area contributed by atoms with Gasteiger partial charge in [-0.3, -0.25) is 24.6 Å². The van der Waals surface area contributed by atoms with Crippen LogP contribution in [-0.4, -0.2) is 107 Å². The van der Waals surface area contributed by atoms with Crippen LogP contribution in [0.5, 0.6) is 0 Å². The first-order valence-electron chi connectivity index (χ1n) is 13.7. The first-order chi connectivity index (χ1) is 19.8. The van der Waals surface area contributed by atoms with Crippen molar-refractivity contribution in [2.24, 2.45) is 0 Å². The molecule has 2 fully saturated rings. The van der Waals surface area contributed by atoms with Gasteiger partial charge in [-0.25, -0.2) is 10.3 Å². The maximum Gasteiger partial charge on any atom is 0.326 e. The highest BCUT2D eigenvalue weighted by Crippen LogP contribution is 2.32. The molecule has 2 N–H and O–H groups in total. The van der Waals surface area contributed by atoms with Crippen LogP contribution in [0.15, 0.2) is 24.3 Å². The molecule has 2 aromatic rings. The van der Waals surface area contributed by atoms with Gasteiger partial charge in [-0.05, 0) is 42.3 Å². The van der Waals surface area contributed by atoms with E-state index in [0.717, 1.165) is 60.2 Å². The smallest absolute Gasteiger partial charge is 0.326 e. The third-order valence-corrected chi connectivity index (χ3v) is 8.09. The van der Waals surface area contributed by atoms with E-state index in [9.17, 15) is 14.4 Å². The summed E-state index contributed by atoms with van der Waals surface area (Å²) in [5.41, 5.74) is 4.65. The number of nitrogens with one attached hydrogen (secondary N) is 1. The van der Waals surface area contributed by atoms with Gasteiger partial charge in [0.15, 0.2) is 0 Å². The Morgan fingerprint density at radius 2 is 1.98 bits per heavy atom. The number of imide groups is 1. The third kappa shape index (κ3) is 5.97. The maximum atomic E-state index is 13.4. The molecule has 0 saturated carbocycles. The van der Waals surface area contributed by atoms with Gasteiger partial charge in [0.05, 0.1) is 38.4 Å². The van der Waals surface area contributed by atoms with Gasteiger partial charge in [-0.15, -0.1) is 0 Å². The number of hydrogen-bond donors (Lipinski definition) is 2. The van der Waals surface area contributed by atoms with Gasteiger partial charge in [0.2, 0.25) is 5.91 Å². The lowest BCUT2D eigenvalue weighted by atomic mass is 9.89. The molecule has 1 aromatic heterocycles. The van der Waals surface area contributed by atoms with Crippen LogP contribution in [0.3, 0.4) is 0 Å². The summed E-state index contributed by atoms with van der Waals surface area (Å²) in [7, 11) is 1.53. The molecule has 41 heavy (non-hydrogen) atoms. The zero-order valence-corrected chi connectivity index (χ0v) is 24.1. The van der Waals surface area contributed by atoms with E-state index in [2.05, 4.69) is 9.47 Å². The predicted molar refractivity (Wildman–Crippen MR) is 155 cm³/mol. The monoisotopic (exact) mass is 581 g/mol. The van der Waals surface area contributed by atoms with Crippen molar-refractivity contribution in [2.75, 3.05) is 53.0 Å². The van der Waals surface area contributed by atoms with E-state index in [4.69, 9.17) is 26.9 Å². The van der Waals surface area contributed by atoms with Gasteiger partial charge in [-0.2, -0.15) is 0 Å². The molecule has 5 rings (SSSR count). The molecule has 2 bridgehead atoms. The number of thiocarbonyl (C=S) groups is 1. The third-order valence-electron chi connectivity index (χ3n) is 7.95. The van der Waals surface area contributed by atoms with E-state index in [-0.39, 0.29) is 18.0 Å². The fourth-order valence-electron chi connectivity index (χ4n) is 5.82. The van der Waals surface area contributed by atoms with E-state index < -0.39 is 11.8 Å². The molecule has 3 aliphatic heterocycles. The Kier molecular flexibility index (Phi) is 8.95. The average Bonchev–Trinajstić information content (AvgIpc) is 3.26. The number of benzene rings is 1. The molecule has 12 heteroatoms. The molecule has 3 aliphatic rings. The molecule has 2 saturated heterocycles. The Balaban J connectivity index is 1.54. The van der Waals surface area contributed by atoms with E-state index >= 15 is 0 Å². The van der Waals surface area contributed by atoms with Gasteiger partial charge >= 0.3 is 6.03 Å². The van der Waals surface area contributed by atoms with E-state index in [1.807, 2.05) is 31.2 Å². The average molecular weight is 582 g/mol. The van der Waals surface area contributed by atoms with Crippen molar-refractivity contribution in [3.05, 3.63) is 57.2 Å². The van der Waals surface area contributed by atoms with Gasteiger partial charge in [0, 0.05) is 67.0 Å². The van der Waals surface area contributed by atoms with Crippen LogP contribution >= 0.6 is 12.2 Å². The van der Waals surface area contributed by atoms with Crippen LogP contribution in [0.1, 0.15) is 40.0 Å². The summed E-state index contributed by atoms with van der Waals surface area (Å²) in [6.45, 7) is 7.73. The number of urea groups is 1. The normalized spacial score (nSPS) is 20.8. The molecular weight excluding hydrogens is 546 g/mol. The number of hydrogen-bond acceptors (Lipinski definition) is 8. The molecular formula is C29H35N5O6S. The first-order valence-corrected chi connectivity index (χ1v) is 14.2. The Labute approximate surface area is 243 Å². The van der Waals surface area contributed by atoms with Gasteiger partial charge in [0.1, 0.15) is 0 Å². The minimum Gasteiger partial charge on any atom is -0.379 e. The molecule has 2 atom stereocenters. The van der Waals surface area contributed by atoms with Crippen LogP contribution in [0.2, 0.25) is 0 Å². The molecule has 0 radical (unpaired) electrons. The Morgan fingerprint density at radius 1 is 1.24 bits per heavy atom. The number of carbonyl (C=O) groups is 3. The number of carbonyl (C=O) groups excluding carboxylic acids is 3. The summed E-state index contributed by atoms with van der Waals surface area (Å²) < 4.78 is 13.7. The van der Waals surface area contributed by atoms with Crippen molar-refractivity contribution in [1.29, 1.82) is 0 Å². The molecule has 11 nitrogen and oxygen atoms in total. The zero-order chi connectivity index (χ0) is 29.1. The number of fused-ring (bicyclic) bond motifs is 4. The minimum atomic E-state index is -0.592. The van der Waals surface area contributed by atoms with Gasteiger partial charge in [-0.1, -0.05) is 24.4 Å². The summed E-state index contributed by atoms with van der Waals surface area (Å²) in [6.07, 6.45) is 3.66. The summed E-state index contributed by atoms with van der Waals surface area (Å²) in [5.74, 6) is -1.32. The van der Waals surface area contributed by atoms with Gasteiger partial charge in [0.25, 0.3) is 5.91 Å². The quantitative estimate of drug-likeness (QED) is 0.249. The number of nitrogens with zero attached hydrogens (tertiary/aromatic N) is 4.